The fourth-order valence-electron chi connectivity index (χ4n) is 3.89. The Kier molecular flexibility index (Phi) is 7.79. The van der Waals surface area contributed by atoms with E-state index in [4.69, 9.17) is 0 Å². The van der Waals surface area contributed by atoms with Gasteiger partial charge in [0.15, 0.2) is 0 Å². The van der Waals surface area contributed by atoms with E-state index in [1.165, 1.54) is 6.07 Å². The van der Waals surface area contributed by atoms with E-state index in [1.54, 1.807) is 18.2 Å². The molecule has 1 aromatic carbocycles. The van der Waals surface area contributed by atoms with Gasteiger partial charge in [-0.15, -0.1) is 12.1 Å². The van der Waals surface area contributed by atoms with Crippen molar-refractivity contribution in [1.29, 1.82) is 0 Å². The molecule has 0 N–H and O–H groups in total. The molecule has 5 rings (SSSR count). The van der Waals surface area contributed by atoms with Gasteiger partial charge in [-0.1, -0.05) is 66.4 Å². The number of pyridine rings is 3. The first-order chi connectivity index (χ1) is 18.0. The number of halogens is 5. The second-order valence-corrected chi connectivity index (χ2v) is 8.96. The van der Waals surface area contributed by atoms with Gasteiger partial charge in [0.1, 0.15) is 11.9 Å². The largest absolute Gasteiger partial charge is 2.00 e. The average molecular weight is 715 g/mol. The van der Waals surface area contributed by atoms with Crippen molar-refractivity contribution in [1.82, 2.24) is 24.7 Å². The number of hydrogen-bond donors (Lipinski definition) is 0. The smallest absolute Gasteiger partial charge is 0.343 e. The molecule has 11 heteroatoms. The molecule has 4 heterocycles. The normalized spacial score (nSPS) is 11.8. The molecule has 200 valence electrons. The van der Waals surface area contributed by atoms with E-state index >= 15 is 0 Å². The molecule has 0 fully saturated rings. The van der Waals surface area contributed by atoms with Crippen LogP contribution in [0.4, 0.5) is 22.0 Å². The van der Waals surface area contributed by atoms with Crippen molar-refractivity contribution < 1.29 is 43.0 Å². The molecule has 0 aliphatic heterocycles. The number of alkyl halides is 3. The van der Waals surface area contributed by atoms with Crippen molar-refractivity contribution in [3.8, 4) is 28.2 Å². The molecule has 39 heavy (non-hydrogen) atoms. The summed E-state index contributed by atoms with van der Waals surface area (Å²) < 4.78 is 68.1. The summed E-state index contributed by atoms with van der Waals surface area (Å²) >= 11 is 0. The number of aromatic nitrogens is 5. The molecule has 0 aliphatic rings. The Morgan fingerprint density at radius 2 is 1.51 bits per heavy atom. The molecule has 0 saturated carbocycles. The van der Waals surface area contributed by atoms with E-state index in [9.17, 15) is 22.0 Å². The van der Waals surface area contributed by atoms with Crippen molar-refractivity contribution in [3.63, 3.8) is 0 Å². The van der Waals surface area contributed by atoms with Crippen molar-refractivity contribution in [3.05, 3.63) is 114 Å². The zero-order chi connectivity index (χ0) is 27.1. The van der Waals surface area contributed by atoms with Crippen LogP contribution in [0.3, 0.4) is 0 Å². The average Bonchev–Trinajstić information content (AvgIpc) is 3.40. The van der Waals surface area contributed by atoms with E-state index in [2.05, 4.69) is 32.3 Å². The van der Waals surface area contributed by atoms with E-state index in [1.807, 2.05) is 50.2 Å². The predicted octanol–water partition coefficient (Wildman–Crippen LogP) is 6.61. The fourth-order valence-corrected chi connectivity index (χ4v) is 3.89. The maximum atomic E-state index is 14.6. The monoisotopic (exact) mass is 714 g/mol. The van der Waals surface area contributed by atoms with Gasteiger partial charge in [-0.25, -0.2) is 8.78 Å². The van der Waals surface area contributed by atoms with Crippen molar-refractivity contribution >= 4 is 0 Å². The molecule has 0 unspecified atom stereocenters. The van der Waals surface area contributed by atoms with Gasteiger partial charge in [0.2, 0.25) is 0 Å². The number of benzene rings is 1. The van der Waals surface area contributed by atoms with Crippen LogP contribution in [0.2, 0.25) is 0 Å². The molecule has 0 bridgehead atoms. The molecule has 0 amide bonds. The first-order valence-corrected chi connectivity index (χ1v) is 11.4. The summed E-state index contributed by atoms with van der Waals surface area (Å²) in [7, 11) is 0. The molecule has 5 aromatic rings. The Bertz CT molecular complexity index is 1620. The molecular formula is C28H18F5N5Pt. The van der Waals surface area contributed by atoms with Crippen molar-refractivity contribution in [2.45, 2.75) is 25.4 Å². The van der Waals surface area contributed by atoms with Gasteiger partial charge < -0.3 is 9.67 Å². The standard InChI is InChI=1S/C28H18F5N5.Pt/c1-27(2,21-9-6-10-25(35-21)38-14-13-22(37-38)28(31,32)33)23-16-18(17-7-4-3-5-8-17)15-20(34-23)19-11-12-24(29)36-26(19)30;/h3-10,12-13,15-16H,1-2H3;/q-2;+2. The fraction of sp³-hybridized carbons (Fsp3) is 0.143. The zero-order valence-corrected chi connectivity index (χ0v) is 22.6. The summed E-state index contributed by atoms with van der Waals surface area (Å²) in [5.41, 5.74) is 0.586. The van der Waals surface area contributed by atoms with Crippen LogP contribution < -0.4 is 0 Å². The van der Waals surface area contributed by atoms with E-state index in [-0.39, 0.29) is 38.1 Å². The number of rotatable bonds is 5. The maximum Gasteiger partial charge on any atom is 2.00 e. The Balaban J connectivity index is 0.00000353. The van der Waals surface area contributed by atoms with E-state index in [0.29, 0.717) is 17.0 Å². The van der Waals surface area contributed by atoms with Gasteiger partial charge in [-0.05, 0) is 42.8 Å². The van der Waals surface area contributed by atoms with Gasteiger partial charge in [0, 0.05) is 16.8 Å². The van der Waals surface area contributed by atoms with Crippen LogP contribution in [0.1, 0.15) is 30.9 Å². The Morgan fingerprint density at radius 3 is 2.18 bits per heavy atom. The second-order valence-electron chi connectivity index (χ2n) is 8.96. The minimum Gasteiger partial charge on any atom is -0.343 e. The van der Waals surface area contributed by atoms with Crippen LogP contribution in [0, 0.1) is 24.2 Å². The molecule has 4 aromatic heterocycles. The predicted molar refractivity (Wildman–Crippen MR) is 129 cm³/mol. The topological polar surface area (TPSA) is 56.5 Å². The molecule has 0 saturated heterocycles. The molecule has 5 nitrogen and oxygen atoms in total. The summed E-state index contributed by atoms with van der Waals surface area (Å²) in [5.74, 6) is -1.93. The van der Waals surface area contributed by atoms with Crippen molar-refractivity contribution in [2.24, 2.45) is 0 Å². The van der Waals surface area contributed by atoms with Crippen LogP contribution in [0.15, 0.2) is 72.8 Å². The van der Waals surface area contributed by atoms with E-state index in [0.717, 1.165) is 22.4 Å². The SMILES string of the molecule is CC(C)(c1cc(-c2ccccc2)cc(-c2[c-]cc(F)nc2F)n1)c1cccc(-n2[c-]cc(C(F)(F)F)n2)n1.[Pt+2]. The summed E-state index contributed by atoms with van der Waals surface area (Å²) in [5, 5.41) is 3.55. The minimum absolute atomic E-state index is 0. The Hall–Kier alpha value is -3.78. The second kappa shape index (κ2) is 10.8. The third kappa shape index (κ3) is 5.81. The minimum atomic E-state index is -4.61. The van der Waals surface area contributed by atoms with Crippen LogP contribution >= 0.6 is 0 Å². The molecule has 0 aliphatic carbocycles. The molecular weight excluding hydrogens is 696 g/mol. The molecule has 0 radical (unpaired) electrons. The van der Waals surface area contributed by atoms with Gasteiger partial charge >= 0.3 is 27.2 Å². The van der Waals surface area contributed by atoms with Gasteiger partial charge in [-0.2, -0.15) is 13.2 Å². The van der Waals surface area contributed by atoms with Crippen molar-refractivity contribution in [2.75, 3.05) is 0 Å². The van der Waals surface area contributed by atoms with E-state index < -0.39 is 29.2 Å². The van der Waals surface area contributed by atoms with Gasteiger partial charge in [0.05, 0.1) is 11.5 Å². The summed E-state index contributed by atoms with van der Waals surface area (Å²) in [4.78, 5) is 12.4. The quantitative estimate of drug-likeness (QED) is 0.117. The third-order valence-electron chi connectivity index (χ3n) is 5.99. The molecule has 0 spiro atoms. The molecule has 0 atom stereocenters. The number of nitrogens with zero attached hydrogens (tertiary/aromatic N) is 5. The maximum absolute atomic E-state index is 14.6. The van der Waals surface area contributed by atoms with Crippen LogP contribution in [0.5, 0.6) is 0 Å². The van der Waals surface area contributed by atoms with Gasteiger partial charge in [0.25, 0.3) is 0 Å². The Labute approximate surface area is 235 Å². The Morgan fingerprint density at radius 1 is 0.769 bits per heavy atom. The third-order valence-corrected chi connectivity index (χ3v) is 5.99. The number of hydrogen-bond acceptors (Lipinski definition) is 4. The summed E-state index contributed by atoms with van der Waals surface area (Å²) in [6.07, 6.45) is -2.17. The summed E-state index contributed by atoms with van der Waals surface area (Å²) in [6.45, 7) is 3.66. The van der Waals surface area contributed by atoms with Crippen LogP contribution in [-0.2, 0) is 32.7 Å². The van der Waals surface area contributed by atoms with Gasteiger partial charge in [-0.3, -0.25) is 15.1 Å². The van der Waals surface area contributed by atoms with Crippen LogP contribution in [0.25, 0.3) is 28.2 Å². The first-order valence-electron chi connectivity index (χ1n) is 11.4. The summed E-state index contributed by atoms with van der Waals surface area (Å²) in [6, 6.07) is 21.9. The first kappa shape index (κ1) is 28.2. The zero-order valence-electron chi connectivity index (χ0n) is 20.4. The van der Waals surface area contributed by atoms with Crippen LogP contribution in [-0.4, -0.2) is 24.7 Å².